The van der Waals surface area contributed by atoms with Gasteiger partial charge in [-0.1, -0.05) is 53.5 Å². The van der Waals surface area contributed by atoms with E-state index in [1.807, 2.05) is 0 Å². The standard InChI is InChI=1S/C29H45FN4O.C3H8/c1-17-9-13-28(4)21-11-12-27(3)20(19(21)10-14-29(28,32)15-17)6-7-22(27)24(35)16-34(33)26-23(31)8-5-18(2)25(26)30;1-3-2/h5,8,17,19-22H,6-7,9-16,31-33H2,1-4H3;3H2,1-2H3. The Bertz CT molecular complexity index is 1030. The fourth-order valence-corrected chi connectivity index (χ4v) is 9.46. The van der Waals surface area contributed by atoms with Gasteiger partial charge in [0, 0.05) is 11.5 Å². The Hall–Kier alpha value is -1.66. The Morgan fingerprint density at radius 1 is 1.05 bits per heavy atom. The molecular formula is C32H53FN4O. The minimum atomic E-state index is -0.446. The molecule has 4 aliphatic carbocycles. The molecule has 1 aromatic carbocycles. The highest BCUT2D eigenvalue weighted by molar-refractivity contribution is 5.87. The Kier molecular flexibility index (Phi) is 8.28. The number of rotatable bonds is 4. The van der Waals surface area contributed by atoms with Gasteiger partial charge in [0.1, 0.15) is 5.69 Å². The molecule has 6 N–H and O–H groups in total. The zero-order chi connectivity index (χ0) is 28.0. The Labute approximate surface area is 230 Å². The van der Waals surface area contributed by atoms with Crippen LogP contribution in [0.5, 0.6) is 0 Å². The van der Waals surface area contributed by atoms with Gasteiger partial charge in [-0.2, -0.15) is 0 Å². The first kappa shape index (κ1) is 29.3. The molecule has 5 rings (SSSR count). The molecule has 4 fully saturated rings. The molecule has 5 nitrogen and oxygen atoms in total. The minimum absolute atomic E-state index is 0.00679. The molecule has 4 saturated carbocycles. The number of benzene rings is 1. The van der Waals surface area contributed by atoms with Gasteiger partial charge in [-0.05, 0) is 104 Å². The number of nitrogens with zero attached hydrogens (tertiary/aromatic N) is 1. The van der Waals surface area contributed by atoms with Crippen LogP contribution in [0.2, 0.25) is 0 Å². The fourth-order valence-electron chi connectivity index (χ4n) is 9.46. The predicted molar refractivity (Wildman–Crippen MR) is 156 cm³/mol. The third-order valence-corrected chi connectivity index (χ3v) is 11.5. The highest BCUT2D eigenvalue weighted by Crippen LogP contribution is 2.68. The van der Waals surface area contributed by atoms with E-state index in [0.717, 1.165) is 44.4 Å². The van der Waals surface area contributed by atoms with Crippen LogP contribution in [0.1, 0.15) is 104 Å². The molecule has 0 bridgehead atoms. The summed E-state index contributed by atoms with van der Waals surface area (Å²) >= 11 is 0. The average molecular weight is 529 g/mol. The molecule has 0 spiro atoms. The Balaban J connectivity index is 0.00000107. The lowest BCUT2D eigenvalue weighted by molar-refractivity contribution is -0.140. The number of nitrogens with two attached hydrogens (primary N) is 3. The van der Waals surface area contributed by atoms with Gasteiger partial charge in [0.05, 0.1) is 12.2 Å². The lowest BCUT2D eigenvalue weighted by atomic mass is 9.42. The number of nitrogen functional groups attached to an aromatic ring is 1. The summed E-state index contributed by atoms with van der Waals surface area (Å²) in [5.74, 6) is 8.49. The summed E-state index contributed by atoms with van der Waals surface area (Å²) < 4.78 is 14.8. The normalized spacial score (nSPS) is 39.8. The van der Waals surface area contributed by atoms with Crippen molar-refractivity contribution in [3.05, 3.63) is 23.5 Å². The molecule has 8 unspecified atom stereocenters. The number of hydrazine groups is 1. The van der Waals surface area contributed by atoms with Crippen LogP contribution in [0.15, 0.2) is 12.1 Å². The monoisotopic (exact) mass is 528 g/mol. The van der Waals surface area contributed by atoms with Crippen molar-refractivity contribution in [2.75, 3.05) is 17.3 Å². The van der Waals surface area contributed by atoms with Gasteiger partial charge in [-0.15, -0.1) is 0 Å². The second-order valence-electron chi connectivity index (χ2n) is 13.9. The van der Waals surface area contributed by atoms with E-state index in [2.05, 4.69) is 34.6 Å². The molecule has 0 aromatic heterocycles. The molecule has 1 aromatic rings. The molecule has 38 heavy (non-hydrogen) atoms. The van der Waals surface area contributed by atoms with Crippen molar-refractivity contribution in [3.8, 4) is 0 Å². The third kappa shape index (κ3) is 4.68. The first-order chi connectivity index (χ1) is 17.8. The van der Waals surface area contributed by atoms with Crippen LogP contribution in [-0.4, -0.2) is 17.9 Å². The quantitative estimate of drug-likeness (QED) is 0.228. The number of carbonyl (C=O) groups is 1. The van der Waals surface area contributed by atoms with E-state index in [1.165, 1.54) is 30.7 Å². The maximum absolute atomic E-state index is 14.8. The average Bonchev–Trinajstić information content (AvgIpc) is 3.20. The van der Waals surface area contributed by atoms with E-state index in [-0.39, 0.29) is 46.0 Å². The van der Waals surface area contributed by atoms with E-state index in [0.29, 0.717) is 23.3 Å². The first-order valence-electron chi connectivity index (χ1n) is 15.2. The summed E-state index contributed by atoms with van der Waals surface area (Å²) in [6, 6.07) is 3.29. The molecule has 0 aliphatic heterocycles. The Morgan fingerprint density at radius 2 is 1.74 bits per heavy atom. The maximum Gasteiger partial charge on any atom is 0.157 e. The van der Waals surface area contributed by atoms with Gasteiger partial charge in [-0.3, -0.25) is 9.80 Å². The van der Waals surface area contributed by atoms with Crippen molar-refractivity contribution >= 4 is 17.2 Å². The van der Waals surface area contributed by atoms with Gasteiger partial charge in [0.2, 0.25) is 0 Å². The van der Waals surface area contributed by atoms with Crippen LogP contribution in [0.4, 0.5) is 15.8 Å². The van der Waals surface area contributed by atoms with Crippen LogP contribution >= 0.6 is 0 Å². The molecule has 8 atom stereocenters. The number of Topliss-reactive ketones (excluding diaryl/α,β-unsaturated/α-hetero) is 1. The van der Waals surface area contributed by atoms with E-state index >= 15 is 0 Å². The third-order valence-electron chi connectivity index (χ3n) is 11.5. The number of fused-ring (bicyclic) bond motifs is 5. The number of hydrogen-bond acceptors (Lipinski definition) is 5. The fraction of sp³-hybridized carbons (Fsp3) is 0.781. The number of hydrogen-bond donors (Lipinski definition) is 3. The second-order valence-corrected chi connectivity index (χ2v) is 13.9. The van der Waals surface area contributed by atoms with Crippen molar-refractivity contribution < 1.29 is 9.18 Å². The zero-order valence-electron chi connectivity index (χ0n) is 24.8. The van der Waals surface area contributed by atoms with Crippen LogP contribution in [0, 0.1) is 53.2 Å². The van der Waals surface area contributed by atoms with Crippen LogP contribution in [-0.2, 0) is 4.79 Å². The molecule has 6 heteroatoms. The van der Waals surface area contributed by atoms with Gasteiger partial charge in [-0.25, -0.2) is 10.2 Å². The number of halogens is 1. The van der Waals surface area contributed by atoms with Crippen molar-refractivity contribution in [2.45, 2.75) is 111 Å². The summed E-state index contributed by atoms with van der Waals surface area (Å²) in [6.07, 6.45) is 11.5. The molecule has 0 heterocycles. The minimum Gasteiger partial charge on any atom is -0.397 e. The van der Waals surface area contributed by atoms with Crippen LogP contribution in [0.25, 0.3) is 0 Å². The van der Waals surface area contributed by atoms with Crippen molar-refractivity contribution in [1.29, 1.82) is 0 Å². The van der Waals surface area contributed by atoms with Crippen molar-refractivity contribution in [1.82, 2.24) is 0 Å². The number of aryl methyl sites for hydroxylation is 1. The van der Waals surface area contributed by atoms with Gasteiger partial charge in [0.15, 0.2) is 11.6 Å². The number of carbonyl (C=O) groups excluding carboxylic acids is 1. The highest BCUT2D eigenvalue weighted by atomic mass is 19.1. The molecule has 0 amide bonds. The van der Waals surface area contributed by atoms with Gasteiger partial charge in [0.25, 0.3) is 0 Å². The number of anilines is 2. The lowest BCUT2D eigenvalue weighted by Gasteiger charge is -2.65. The summed E-state index contributed by atoms with van der Waals surface area (Å²) in [6.45, 7) is 13.1. The summed E-state index contributed by atoms with van der Waals surface area (Å²) in [5.41, 5.74) is 14.2. The molecule has 214 valence electrons. The van der Waals surface area contributed by atoms with Crippen molar-refractivity contribution in [2.24, 2.45) is 52.0 Å². The van der Waals surface area contributed by atoms with Crippen molar-refractivity contribution in [3.63, 3.8) is 0 Å². The highest BCUT2D eigenvalue weighted by Gasteiger charge is 2.64. The maximum atomic E-state index is 14.8. The molecular weight excluding hydrogens is 475 g/mol. The topological polar surface area (TPSA) is 98.4 Å². The van der Waals surface area contributed by atoms with Crippen LogP contribution in [0.3, 0.4) is 0 Å². The zero-order valence-corrected chi connectivity index (χ0v) is 24.8. The smallest absolute Gasteiger partial charge is 0.157 e. The van der Waals surface area contributed by atoms with Gasteiger partial charge >= 0.3 is 0 Å². The summed E-state index contributed by atoms with van der Waals surface area (Å²) in [7, 11) is 0. The second kappa shape index (κ2) is 10.7. The Morgan fingerprint density at radius 3 is 2.42 bits per heavy atom. The predicted octanol–water partition coefficient (Wildman–Crippen LogP) is 6.76. The van der Waals surface area contributed by atoms with E-state index < -0.39 is 5.82 Å². The lowest BCUT2D eigenvalue weighted by Crippen LogP contribution is -2.66. The molecule has 0 radical (unpaired) electrons. The summed E-state index contributed by atoms with van der Waals surface area (Å²) in [5, 5.41) is 1.23. The molecule has 0 saturated heterocycles. The molecule has 4 aliphatic rings. The van der Waals surface area contributed by atoms with E-state index in [1.54, 1.807) is 19.1 Å². The van der Waals surface area contributed by atoms with E-state index in [4.69, 9.17) is 17.3 Å². The van der Waals surface area contributed by atoms with Gasteiger partial charge < -0.3 is 11.5 Å². The number of ketones is 1. The van der Waals surface area contributed by atoms with E-state index in [9.17, 15) is 9.18 Å². The SMILES string of the molecule is CCC.Cc1ccc(N)c(N(N)CC(=O)C2CCC3C4CCC5(N)CC(C)CCC5(C)C4CCC23C)c1F. The largest absolute Gasteiger partial charge is 0.397 e. The van der Waals surface area contributed by atoms with Crippen LogP contribution < -0.4 is 22.3 Å². The summed E-state index contributed by atoms with van der Waals surface area (Å²) in [4.78, 5) is 13.6. The first-order valence-corrected chi connectivity index (χ1v) is 15.2.